The van der Waals surface area contributed by atoms with E-state index in [2.05, 4.69) is 59.9 Å². The van der Waals surface area contributed by atoms with Crippen molar-refractivity contribution in [3.63, 3.8) is 0 Å². The van der Waals surface area contributed by atoms with Gasteiger partial charge in [0.2, 0.25) is 0 Å². The highest BCUT2D eigenvalue weighted by atomic mass is 15.3. The maximum absolute atomic E-state index is 4.38. The Labute approximate surface area is 137 Å². The van der Waals surface area contributed by atoms with Crippen LogP contribution in [0.15, 0.2) is 77.5 Å². The van der Waals surface area contributed by atoms with Crippen LogP contribution in [-0.4, -0.2) is 25.2 Å². The lowest BCUT2D eigenvalue weighted by atomic mass is 9.98. The van der Waals surface area contributed by atoms with Crippen molar-refractivity contribution < 1.29 is 0 Å². The summed E-state index contributed by atoms with van der Waals surface area (Å²) in [6, 6.07) is 18.4. The maximum Gasteiger partial charge on any atom is 0.0561 e. The van der Waals surface area contributed by atoms with E-state index in [4.69, 9.17) is 0 Å². The van der Waals surface area contributed by atoms with Crippen LogP contribution in [-0.2, 0) is 0 Å². The molecule has 0 radical (unpaired) electrons. The van der Waals surface area contributed by atoms with Gasteiger partial charge < -0.3 is 4.90 Å². The predicted octanol–water partition coefficient (Wildman–Crippen LogP) is 4.37. The van der Waals surface area contributed by atoms with Crippen LogP contribution in [0.1, 0.15) is 17.5 Å². The predicted molar refractivity (Wildman–Crippen MR) is 98.5 cm³/mol. The molecule has 3 nitrogen and oxygen atoms in total. The van der Waals surface area contributed by atoms with E-state index < -0.39 is 0 Å². The third kappa shape index (κ3) is 3.51. The molecule has 0 spiro atoms. The van der Waals surface area contributed by atoms with Crippen LogP contribution in [0.3, 0.4) is 0 Å². The number of likely N-dealkylation sites (N-methyl/N-ethyl adjacent to an activating group) is 1. The van der Waals surface area contributed by atoms with Crippen molar-refractivity contribution in [3.05, 3.63) is 83.6 Å². The van der Waals surface area contributed by atoms with Crippen molar-refractivity contribution in [1.82, 2.24) is 4.90 Å². The second-order valence-corrected chi connectivity index (χ2v) is 5.69. The Morgan fingerprint density at radius 2 is 1.74 bits per heavy atom. The minimum Gasteiger partial charge on any atom is -0.377 e. The number of para-hydroxylation sites is 1. The standard InChI is InChI=1S/C20H21N3/c1-23(2)20-14-8-13-19(20)18-12-7-6-9-16(18)15-21-22-17-10-4-3-5-11-17/h3-12,14-15,22H,13H2,1-2H3/b21-15+. The summed E-state index contributed by atoms with van der Waals surface area (Å²) in [6.07, 6.45) is 7.25. The molecule has 1 aliphatic rings. The number of allylic oxidation sites excluding steroid dienone is 3. The molecule has 23 heavy (non-hydrogen) atoms. The fraction of sp³-hybridized carbons (Fsp3) is 0.150. The van der Waals surface area contributed by atoms with Crippen LogP contribution in [0, 0.1) is 0 Å². The summed E-state index contributed by atoms with van der Waals surface area (Å²) in [5.41, 5.74) is 9.02. The Morgan fingerprint density at radius 3 is 2.52 bits per heavy atom. The van der Waals surface area contributed by atoms with Gasteiger partial charge in [-0.3, -0.25) is 5.43 Å². The monoisotopic (exact) mass is 303 g/mol. The summed E-state index contributed by atoms with van der Waals surface area (Å²) in [6.45, 7) is 0. The minimum atomic E-state index is 0.963. The third-order valence-electron chi connectivity index (χ3n) is 3.85. The summed E-state index contributed by atoms with van der Waals surface area (Å²) < 4.78 is 0. The number of anilines is 1. The first-order chi connectivity index (χ1) is 11.3. The van der Waals surface area contributed by atoms with Gasteiger partial charge >= 0.3 is 0 Å². The van der Waals surface area contributed by atoms with E-state index in [0.717, 1.165) is 17.7 Å². The van der Waals surface area contributed by atoms with E-state index in [9.17, 15) is 0 Å². The van der Waals surface area contributed by atoms with Crippen LogP contribution < -0.4 is 5.43 Å². The summed E-state index contributed by atoms with van der Waals surface area (Å²) >= 11 is 0. The highest BCUT2D eigenvalue weighted by Crippen LogP contribution is 2.31. The Balaban J connectivity index is 1.86. The van der Waals surface area contributed by atoms with Gasteiger partial charge in [-0.05, 0) is 35.8 Å². The molecule has 0 fully saturated rings. The zero-order chi connectivity index (χ0) is 16.1. The van der Waals surface area contributed by atoms with Gasteiger partial charge in [0, 0.05) is 25.4 Å². The number of hydrazone groups is 1. The second kappa shape index (κ2) is 6.97. The van der Waals surface area contributed by atoms with Gasteiger partial charge in [-0.15, -0.1) is 0 Å². The molecule has 0 bridgehead atoms. The number of hydrogen-bond acceptors (Lipinski definition) is 3. The lowest BCUT2D eigenvalue weighted by molar-refractivity contribution is 0.533. The van der Waals surface area contributed by atoms with Crippen molar-refractivity contribution in [2.45, 2.75) is 6.42 Å². The quantitative estimate of drug-likeness (QED) is 0.656. The molecule has 0 unspecified atom stereocenters. The van der Waals surface area contributed by atoms with Gasteiger partial charge in [-0.2, -0.15) is 5.10 Å². The van der Waals surface area contributed by atoms with Gasteiger partial charge in [0.05, 0.1) is 11.9 Å². The van der Waals surface area contributed by atoms with Crippen LogP contribution in [0.5, 0.6) is 0 Å². The van der Waals surface area contributed by atoms with Crippen molar-refractivity contribution in [1.29, 1.82) is 0 Å². The zero-order valence-corrected chi connectivity index (χ0v) is 13.5. The van der Waals surface area contributed by atoms with Gasteiger partial charge in [-0.1, -0.05) is 48.5 Å². The van der Waals surface area contributed by atoms with Gasteiger partial charge in [-0.25, -0.2) is 0 Å². The number of hydrogen-bond donors (Lipinski definition) is 1. The van der Waals surface area contributed by atoms with E-state index in [1.54, 1.807) is 0 Å². The van der Waals surface area contributed by atoms with E-state index in [1.165, 1.54) is 16.8 Å². The molecule has 1 N–H and O–H groups in total. The van der Waals surface area contributed by atoms with Crippen LogP contribution >= 0.6 is 0 Å². The lowest BCUT2D eigenvalue weighted by Gasteiger charge is -2.17. The molecule has 0 saturated heterocycles. The first-order valence-electron chi connectivity index (χ1n) is 7.76. The molecule has 0 aromatic heterocycles. The molecule has 0 aliphatic heterocycles. The minimum absolute atomic E-state index is 0.963. The summed E-state index contributed by atoms with van der Waals surface area (Å²) in [4.78, 5) is 2.16. The Morgan fingerprint density at radius 1 is 1.00 bits per heavy atom. The maximum atomic E-state index is 4.38. The van der Waals surface area contributed by atoms with Gasteiger partial charge in [0.25, 0.3) is 0 Å². The molecule has 2 aromatic carbocycles. The second-order valence-electron chi connectivity index (χ2n) is 5.69. The molecular weight excluding hydrogens is 282 g/mol. The summed E-state index contributed by atoms with van der Waals surface area (Å²) in [5, 5.41) is 4.38. The fourth-order valence-electron chi connectivity index (χ4n) is 2.73. The summed E-state index contributed by atoms with van der Waals surface area (Å²) in [7, 11) is 4.16. The van der Waals surface area contributed by atoms with Crippen LogP contribution in [0.2, 0.25) is 0 Å². The van der Waals surface area contributed by atoms with Crippen molar-refractivity contribution >= 4 is 17.5 Å². The molecule has 116 valence electrons. The molecule has 3 rings (SSSR count). The zero-order valence-electron chi connectivity index (χ0n) is 13.5. The van der Waals surface area contributed by atoms with Crippen LogP contribution in [0.25, 0.3) is 5.57 Å². The van der Waals surface area contributed by atoms with Crippen molar-refractivity contribution in [2.75, 3.05) is 19.5 Å². The smallest absolute Gasteiger partial charge is 0.0561 e. The molecule has 0 amide bonds. The lowest BCUT2D eigenvalue weighted by Crippen LogP contribution is -2.10. The van der Waals surface area contributed by atoms with Crippen molar-refractivity contribution in [3.8, 4) is 0 Å². The van der Waals surface area contributed by atoms with E-state index in [-0.39, 0.29) is 0 Å². The summed E-state index contributed by atoms with van der Waals surface area (Å²) in [5.74, 6) is 0. The SMILES string of the molecule is CN(C)C1=C(c2ccccc2/C=N/Nc2ccccc2)CC=C1. The number of nitrogens with one attached hydrogen (secondary N) is 1. The fourth-order valence-corrected chi connectivity index (χ4v) is 2.73. The van der Waals surface area contributed by atoms with E-state index >= 15 is 0 Å². The third-order valence-corrected chi connectivity index (χ3v) is 3.85. The molecule has 1 aliphatic carbocycles. The van der Waals surface area contributed by atoms with Gasteiger partial charge in [0.15, 0.2) is 0 Å². The molecule has 0 saturated carbocycles. The average molecular weight is 303 g/mol. The molecule has 0 heterocycles. The van der Waals surface area contributed by atoms with E-state index in [0.29, 0.717) is 0 Å². The molecule has 3 heteroatoms. The largest absolute Gasteiger partial charge is 0.377 e. The topological polar surface area (TPSA) is 27.6 Å². The molecule has 0 atom stereocenters. The molecule has 2 aromatic rings. The number of nitrogens with zero attached hydrogens (tertiary/aromatic N) is 2. The Hall–Kier alpha value is -2.81. The first-order valence-corrected chi connectivity index (χ1v) is 7.76. The highest BCUT2D eigenvalue weighted by molar-refractivity contribution is 5.90. The Kier molecular flexibility index (Phi) is 4.57. The van der Waals surface area contributed by atoms with Crippen LogP contribution in [0.4, 0.5) is 5.69 Å². The average Bonchev–Trinajstić information content (AvgIpc) is 3.06. The number of benzene rings is 2. The van der Waals surface area contributed by atoms with E-state index in [1.807, 2.05) is 42.6 Å². The van der Waals surface area contributed by atoms with Crippen molar-refractivity contribution in [2.24, 2.45) is 5.10 Å². The normalized spacial score (nSPS) is 13.8. The van der Waals surface area contributed by atoms with Gasteiger partial charge in [0.1, 0.15) is 0 Å². The highest BCUT2D eigenvalue weighted by Gasteiger charge is 2.15. The first kappa shape index (κ1) is 15.1. The molecular formula is C20H21N3. The number of rotatable bonds is 5. The Bertz CT molecular complexity index is 755.